The number of aromatic nitrogens is 5. The van der Waals surface area contributed by atoms with Crippen LogP contribution in [0.15, 0.2) is 18.3 Å². The Balaban J connectivity index is 1.28. The molecule has 1 saturated heterocycles. The minimum absolute atomic E-state index is 0.0702. The van der Waals surface area contributed by atoms with Crippen LogP contribution in [0.5, 0.6) is 5.88 Å². The van der Waals surface area contributed by atoms with Gasteiger partial charge < -0.3 is 9.64 Å². The lowest BCUT2D eigenvalue weighted by Crippen LogP contribution is -2.29. The number of nitrogens with zero attached hydrogens (tertiary/aromatic N) is 6. The molecule has 8 nitrogen and oxygen atoms in total. The van der Waals surface area contributed by atoms with E-state index in [2.05, 4.69) is 20.5 Å². The zero-order valence-electron chi connectivity index (χ0n) is 13.6. The van der Waals surface area contributed by atoms with E-state index in [-0.39, 0.29) is 5.91 Å². The number of carbonyl (C=O) groups is 1. The van der Waals surface area contributed by atoms with Gasteiger partial charge in [0.05, 0.1) is 18.5 Å². The first-order chi connectivity index (χ1) is 11.7. The average Bonchev–Trinajstić information content (AvgIpc) is 3.18. The van der Waals surface area contributed by atoms with E-state index in [1.54, 1.807) is 18.1 Å². The van der Waals surface area contributed by atoms with Crippen LogP contribution in [0.4, 0.5) is 0 Å². The van der Waals surface area contributed by atoms with Crippen LogP contribution in [0, 0.1) is 5.92 Å². The highest BCUT2D eigenvalue weighted by Gasteiger charge is 2.29. The second kappa shape index (κ2) is 6.18. The molecule has 1 amide bonds. The number of hydrogen-bond donors (Lipinski definition) is 0. The molecule has 1 atom stereocenters. The lowest BCUT2D eigenvalue weighted by atomic mass is 10.1. The van der Waals surface area contributed by atoms with E-state index in [0.717, 1.165) is 18.7 Å². The Bertz CT molecular complexity index is 724. The quantitative estimate of drug-likeness (QED) is 0.814. The van der Waals surface area contributed by atoms with Crippen molar-refractivity contribution in [1.29, 1.82) is 0 Å². The van der Waals surface area contributed by atoms with E-state index >= 15 is 0 Å². The summed E-state index contributed by atoms with van der Waals surface area (Å²) in [4.78, 5) is 14.1. The van der Waals surface area contributed by atoms with Crippen LogP contribution in [0.25, 0.3) is 0 Å². The number of hydrogen-bond acceptors (Lipinski definition) is 6. The Hall–Kier alpha value is -2.51. The maximum atomic E-state index is 12.3. The fourth-order valence-electron chi connectivity index (χ4n) is 2.97. The van der Waals surface area contributed by atoms with E-state index < -0.39 is 0 Å². The summed E-state index contributed by atoms with van der Waals surface area (Å²) in [5.74, 6) is 1.38. The molecule has 0 aromatic carbocycles. The highest BCUT2D eigenvalue weighted by molar-refractivity contribution is 5.92. The number of carbonyl (C=O) groups excluding carboxylic acids is 1. The van der Waals surface area contributed by atoms with Crippen molar-refractivity contribution in [3.63, 3.8) is 0 Å². The maximum absolute atomic E-state index is 12.3. The lowest BCUT2D eigenvalue weighted by Gasteiger charge is -2.15. The van der Waals surface area contributed by atoms with E-state index in [1.807, 2.05) is 12.1 Å². The van der Waals surface area contributed by atoms with Crippen molar-refractivity contribution in [3.8, 4) is 5.88 Å². The molecule has 1 aliphatic carbocycles. The first-order valence-electron chi connectivity index (χ1n) is 8.31. The van der Waals surface area contributed by atoms with Crippen molar-refractivity contribution < 1.29 is 9.53 Å². The minimum atomic E-state index is -0.0702. The first-order valence-corrected chi connectivity index (χ1v) is 8.31. The van der Waals surface area contributed by atoms with Crippen LogP contribution in [-0.2, 0) is 7.05 Å². The van der Waals surface area contributed by atoms with Crippen molar-refractivity contribution in [2.45, 2.75) is 25.2 Å². The van der Waals surface area contributed by atoms with Gasteiger partial charge in [-0.05, 0) is 25.3 Å². The summed E-state index contributed by atoms with van der Waals surface area (Å²) in [5, 5.41) is 16.0. The molecule has 126 valence electrons. The van der Waals surface area contributed by atoms with Crippen LogP contribution >= 0.6 is 0 Å². The fourth-order valence-corrected chi connectivity index (χ4v) is 2.97. The zero-order chi connectivity index (χ0) is 16.5. The monoisotopic (exact) mass is 328 g/mol. The summed E-state index contributed by atoms with van der Waals surface area (Å²) in [5.41, 5.74) is 1.45. The molecule has 2 aromatic heterocycles. The van der Waals surface area contributed by atoms with Gasteiger partial charge in [0.25, 0.3) is 5.91 Å². The predicted octanol–water partition coefficient (Wildman–Crippen LogP) is 1.02. The summed E-state index contributed by atoms with van der Waals surface area (Å²) >= 11 is 0. The Morgan fingerprint density at radius 2 is 2.12 bits per heavy atom. The van der Waals surface area contributed by atoms with Gasteiger partial charge in [0, 0.05) is 38.0 Å². The summed E-state index contributed by atoms with van der Waals surface area (Å²) in [6.07, 6.45) is 4.99. The third-order valence-corrected chi connectivity index (χ3v) is 4.52. The Labute approximate surface area is 139 Å². The topological polar surface area (TPSA) is 86.0 Å². The lowest BCUT2D eigenvalue weighted by molar-refractivity contribution is 0.0777. The first kappa shape index (κ1) is 15.0. The van der Waals surface area contributed by atoms with Crippen LogP contribution < -0.4 is 4.74 Å². The molecule has 0 bridgehead atoms. The van der Waals surface area contributed by atoms with Gasteiger partial charge in [0.1, 0.15) is 0 Å². The molecule has 0 N–H and O–H groups in total. The summed E-state index contributed by atoms with van der Waals surface area (Å²) in [7, 11) is 1.75. The zero-order valence-corrected chi connectivity index (χ0v) is 13.6. The highest BCUT2D eigenvalue weighted by Crippen LogP contribution is 2.38. The number of ether oxygens (including phenoxy) is 1. The van der Waals surface area contributed by atoms with Crippen LogP contribution in [0.1, 0.15) is 41.4 Å². The second-order valence-corrected chi connectivity index (χ2v) is 6.57. The van der Waals surface area contributed by atoms with Crippen molar-refractivity contribution in [1.82, 2.24) is 30.1 Å². The van der Waals surface area contributed by atoms with Crippen molar-refractivity contribution in [2.24, 2.45) is 13.0 Å². The molecular formula is C16H20N6O2. The maximum Gasteiger partial charge on any atom is 0.276 e. The molecule has 2 aromatic rings. The van der Waals surface area contributed by atoms with Gasteiger partial charge in [-0.15, -0.1) is 10.2 Å². The average molecular weight is 328 g/mol. The fraction of sp³-hybridized carbons (Fsp3) is 0.562. The summed E-state index contributed by atoms with van der Waals surface area (Å²) in [6, 6.07) is 3.89. The van der Waals surface area contributed by atoms with Crippen molar-refractivity contribution >= 4 is 5.91 Å². The Morgan fingerprint density at radius 1 is 1.25 bits per heavy atom. The molecule has 2 aliphatic rings. The van der Waals surface area contributed by atoms with Gasteiger partial charge in [0.2, 0.25) is 5.88 Å². The summed E-state index contributed by atoms with van der Waals surface area (Å²) < 4.78 is 7.27. The number of likely N-dealkylation sites (tertiary alicyclic amines) is 1. The molecule has 1 saturated carbocycles. The predicted molar refractivity (Wildman–Crippen MR) is 84.5 cm³/mol. The molecule has 24 heavy (non-hydrogen) atoms. The van der Waals surface area contributed by atoms with E-state index in [0.29, 0.717) is 36.6 Å². The van der Waals surface area contributed by atoms with Gasteiger partial charge in [0.15, 0.2) is 5.69 Å². The van der Waals surface area contributed by atoms with E-state index in [4.69, 9.17) is 4.74 Å². The second-order valence-electron chi connectivity index (χ2n) is 6.57. The molecule has 3 heterocycles. The molecule has 0 radical (unpaired) electrons. The number of aryl methyl sites for hydroxylation is 1. The van der Waals surface area contributed by atoms with Gasteiger partial charge in [-0.2, -0.15) is 5.10 Å². The largest absolute Gasteiger partial charge is 0.476 e. The van der Waals surface area contributed by atoms with Gasteiger partial charge in [-0.3, -0.25) is 9.48 Å². The molecule has 2 fully saturated rings. The van der Waals surface area contributed by atoms with Crippen molar-refractivity contribution in [2.75, 3.05) is 19.7 Å². The molecule has 0 spiro atoms. The molecule has 4 rings (SSSR count). The Kier molecular flexibility index (Phi) is 3.87. The van der Waals surface area contributed by atoms with Crippen LogP contribution in [0.3, 0.4) is 0 Å². The number of amides is 1. The standard InChI is InChI=1S/C16H20N6O2/c1-21-9-14(18-20-21)16(23)22-7-6-11(8-22)10-24-15-5-4-13(17-19-15)12-2-3-12/h4-5,9,11-12H,2-3,6-8,10H2,1H3. The van der Waals surface area contributed by atoms with Gasteiger partial charge in [-0.1, -0.05) is 5.21 Å². The molecule has 1 aliphatic heterocycles. The highest BCUT2D eigenvalue weighted by atomic mass is 16.5. The molecular weight excluding hydrogens is 308 g/mol. The van der Waals surface area contributed by atoms with Crippen LogP contribution in [-0.4, -0.2) is 55.7 Å². The minimum Gasteiger partial charge on any atom is -0.476 e. The van der Waals surface area contributed by atoms with E-state index in [1.165, 1.54) is 17.5 Å². The molecule has 8 heteroatoms. The number of rotatable bonds is 5. The Morgan fingerprint density at radius 3 is 2.79 bits per heavy atom. The third kappa shape index (κ3) is 3.22. The van der Waals surface area contributed by atoms with E-state index in [9.17, 15) is 4.79 Å². The van der Waals surface area contributed by atoms with Crippen molar-refractivity contribution in [3.05, 3.63) is 29.7 Å². The van der Waals surface area contributed by atoms with Gasteiger partial charge >= 0.3 is 0 Å². The van der Waals surface area contributed by atoms with Crippen LogP contribution in [0.2, 0.25) is 0 Å². The normalized spacial score (nSPS) is 20.4. The SMILES string of the molecule is Cn1cc(C(=O)N2CCC(COc3ccc(C4CC4)nn3)C2)nn1. The summed E-state index contributed by atoms with van der Waals surface area (Å²) in [6.45, 7) is 1.93. The van der Waals surface area contributed by atoms with Gasteiger partial charge in [-0.25, -0.2) is 0 Å². The third-order valence-electron chi connectivity index (χ3n) is 4.52. The smallest absolute Gasteiger partial charge is 0.276 e. The molecule has 1 unspecified atom stereocenters.